The molecule has 0 saturated carbocycles. The van der Waals surface area contributed by atoms with E-state index in [1.54, 1.807) is 0 Å². The molecule has 3 nitrogen and oxygen atoms in total. The maximum atomic E-state index is 5.85. The van der Waals surface area contributed by atoms with Gasteiger partial charge in [-0.2, -0.15) is 0 Å². The monoisotopic (exact) mass is 241 g/mol. The normalized spacial score (nSPS) is 27.7. The van der Waals surface area contributed by atoms with E-state index in [0.717, 1.165) is 25.7 Å². The molecule has 102 valence electrons. The molecule has 1 saturated heterocycles. The second kappa shape index (κ2) is 6.17. The fourth-order valence-electron chi connectivity index (χ4n) is 2.71. The van der Waals surface area contributed by atoms with Gasteiger partial charge in [0.15, 0.2) is 0 Å². The molecule has 17 heavy (non-hydrogen) atoms. The van der Waals surface area contributed by atoms with Gasteiger partial charge >= 0.3 is 0 Å². The van der Waals surface area contributed by atoms with Gasteiger partial charge in [-0.25, -0.2) is 0 Å². The Morgan fingerprint density at radius 3 is 2.53 bits per heavy atom. The highest BCUT2D eigenvalue weighted by Gasteiger charge is 2.29. The van der Waals surface area contributed by atoms with Gasteiger partial charge in [-0.3, -0.25) is 4.90 Å². The molecule has 0 aromatic rings. The van der Waals surface area contributed by atoms with Crippen LogP contribution in [0.3, 0.4) is 0 Å². The van der Waals surface area contributed by atoms with Crippen LogP contribution in [0.4, 0.5) is 0 Å². The zero-order valence-electron chi connectivity index (χ0n) is 12.4. The standard InChI is InChI=1S/C14H31N3/c1-6-17(11-14(3,4)10-15)13-7-8-16(5)12(2)9-13/h12-13H,6-11,15H2,1-5H3. The summed E-state index contributed by atoms with van der Waals surface area (Å²) in [5, 5.41) is 0. The molecule has 1 fully saturated rings. The van der Waals surface area contributed by atoms with Crippen LogP contribution >= 0.6 is 0 Å². The van der Waals surface area contributed by atoms with Crippen LogP contribution in [0, 0.1) is 5.41 Å². The van der Waals surface area contributed by atoms with Gasteiger partial charge in [0, 0.05) is 18.6 Å². The van der Waals surface area contributed by atoms with Crippen LogP contribution in [-0.4, -0.2) is 55.1 Å². The highest BCUT2D eigenvalue weighted by Crippen LogP contribution is 2.24. The zero-order chi connectivity index (χ0) is 13.1. The molecular weight excluding hydrogens is 210 g/mol. The van der Waals surface area contributed by atoms with Crippen LogP contribution in [0.2, 0.25) is 0 Å². The summed E-state index contributed by atoms with van der Waals surface area (Å²) in [4.78, 5) is 5.11. The molecule has 2 atom stereocenters. The number of nitrogens with zero attached hydrogens (tertiary/aromatic N) is 2. The lowest BCUT2D eigenvalue weighted by Crippen LogP contribution is -2.50. The number of hydrogen-bond acceptors (Lipinski definition) is 3. The molecule has 0 aliphatic carbocycles. The quantitative estimate of drug-likeness (QED) is 0.796. The average Bonchev–Trinajstić information content (AvgIpc) is 2.30. The second-order valence-corrected chi connectivity index (χ2v) is 6.44. The van der Waals surface area contributed by atoms with Gasteiger partial charge < -0.3 is 10.6 Å². The summed E-state index contributed by atoms with van der Waals surface area (Å²) in [7, 11) is 2.24. The highest BCUT2D eigenvalue weighted by atomic mass is 15.2. The molecule has 0 spiro atoms. The number of hydrogen-bond donors (Lipinski definition) is 1. The Labute approximate surface area is 107 Å². The van der Waals surface area contributed by atoms with Crippen molar-refractivity contribution in [3.05, 3.63) is 0 Å². The van der Waals surface area contributed by atoms with E-state index in [1.807, 2.05) is 0 Å². The Morgan fingerprint density at radius 1 is 1.41 bits per heavy atom. The number of nitrogens with two attached hydrogens (primary N) is 1. The first kappa shape index (κ1) is 14.9. The Balaban J connectivity index is 2.56. The van der Waals surface area contributed by atoms with E-state index in [4.69, 9.17) is 5.73 Å². The van der Waals surface area contributed by atoms with Gasteiger partial charge in [-0.1, -0.05) is 20.8 Å². The third-order valence-electron chi connectivity index (χ3n) is 4.29. The largest absolute Gasteiger partial charge is 0.330 e. The third kappa shape index (κ3) is 4.23. The summed E-state index contributed by atoms with van der Waals surface area (Å²) in [6, 6.07) is 1.46. The van der Waals surface area contributed by atoms with Gasteiger partial charge in [0.1, 0.15) is 0 Å². The molecule has 2 N–H and O–H groups in total. The number of piperidine rings is 1. The van der Waals surface area contributed by atoms with Crippen molar-refractivity contribution in [3.8, 4) is 0 Å². The topological polar surface area (TPSA) is 32.5 Å². The van der Waals surface area contributed by atoms with Crippen LogP contribution < -0.4 is 5.73 Å². The minimum atomic E-state index is 0.239. The molecule has 1 aliphatic rings. The van der Waals surface area contributed by atoms with E-state index in [9.17, 15) is 0 Å². The van der Waals surface area contributed by atoms with Crippen molar-refractivity contribution in [1.82, 2.24) is 9.80 Å². The summed E-state index contributed by atoms with van der Waals surface area (Å²) in [5.74, 6) is 0. The molecule has 0 aromatic heterocycles. The lowest BCUT2D eigenvalue weighted by atomic mass is 9.90. The van der Waals surface area contributed by atoms with E-state index in [2.05, 4.69) is 44.5 Å². The van der Waals surface area contributed by atoms with E-state index >= 15 is 0 Å². The predicted octanol–water partition coefficient (Wildman–Crippen LogP) is 1.78. The zero-order valence-corrected chi connectivity index (χ0v) is 12.4. The summed E-state index contributed by atoms with van der Waals surface area (Å²) >= 11 is 0. The maximum Gasteiger partial charge on any atom is 0.0122 e. The molecule has 3 heteroatoms. The van der Waals surface area contributed by atoms with Crippen LogP contribution in [0.1, 0.15) is 40.5 Å². The van der Waals surface area contributed by atoms with E-state index in [0.29, 0.717) is 6.04 Å². The fraction of sp³-hybridized carbons (Fsp3) is 1.00. The molecule has 1 aliphatic heterocycles. The minimum absolute atomic E-state index is 0.239. The Morgan fingerprint density at radius 2 is 2.06 bits per heavy atom. The molecule has 1 rings (SSSR count). The SMILES string of the molecule is CCN(CC(C)(C)CN)C1CCN(C)C(C)C1. The molecule has 0 amide bonds. The van der Waals surface area contributed by atoms with Crippen molar-refractivity contribution in [3.63, 3.8) is 0 Å². The molecule has 2 unspecified atom stereocenters. The van der Waals surface area contributed by atoms with E-state index < -0.39 is 0 Å². The summed E-state index contributed by atoms with van der Waals surface area (Å²) in [6.45, 7) is 13.4. The second-order valence-electron chi connectivity index (χ2n) is 6.44. The van der Waals surface area contributed by atoms with E-state index in [1.165, 1.54) is 19.4 Å². The van der Waals surface area contributed by atoms with Crippen molar-refractivity contribution in [2.75, 3.05) is 33.2 Å². The van der Waals surface area contributed by atoms with E-state index in [-0.39, 0.29) is 5.41 Å². The first-order chi connectivity index (χ1) is 7.89. The lowest BCUT2D eigenvalue weighted by molar-refractivity contribution is 0.0666. The average molecular weight is 241 g/mol. The first-order valence-corrected chi connectivity index (χ1v) is 7.04. The Kier molecular flexibility index (Phi) is 5.42. The summed E-state index contributed by atoms with van der Waals surface area (Å²) in [5.41, 5.74) is 6.09. The smallest absolute Gasteiger partial charge is 0.0122 e. The first-order valence-electron chi connectivity index (χ1n) is 7.04. The predicted molar refractivity (Wildman–Crippen MR) is 75.2 cm³/mol. The van der Waals surface area contributed by atoms with Crippen molar-refractivity contribution in [1.29, 1.82) is 0 Å². The minimum Gasteiger partial charge on any atom is -0.330 e. The van der Waals surface area contributed by atoms with Crippen LogP contribution in [0.25, 0.3) is 0 Å². The van der Waals surface area contributed by atoms with Gasteiger partial charge in [0.25, 0.3) is 0 Å². The summed E-state index contributed by atoms with van der Waals surface area (Å²) in [6.07, 6.45) is 2.60. The van der Waals surface area contributed by atoms with Crippen molar-refractivity contribution < 1.29 is 0 Å². The van der Waals surface area contributed by atoms with Crippen LogP contribution in [0.5, 0.6) is 0 Å². The third-order valence-corrected chi connectivity index (χ3v) is 4.29. The van der Waals surface area contributed by atoms with Crippen molar-refractivity contribution in [2.45, 2.75) is 52.6 Å². The van der Waals surface area contributed by atoms with Gasteiger partial charge in [0.05, 0.1) is 0 Å². The van der Waals surface area contributed by atoms with Crippen LogP contribution in [0.15, 0.2) is 0 Å². The number of likely N-dealkylation sites (tertiary alicyclic amines) is 1. The maximum absolute atomic E-state index is 5.85. The van der Waals surface area contributed by atoms with Gasteiger partial charge in [0.2, 0.25) is 0 Å². The molecule has 1 heterocycles. The Bertz CT molecular complexity index is 228. The fourth-order valence-corrected chi connectivity index (χ4v) is 2.71. The van der Waals surface area contributed by atoms with Gasteiger partial charge in [-0.15, -0.1) is 0 Å². The molecule has 0 bridgehead atoms. The Hall–Kier alpha value is -0.120. The molecular formula is C14H31N3. The van der Waals surface area contributed by atoms with Crippen molar-refractivity contribution in [2.24, 2.45) is 11.1 Å². The van der Waals surface area contributed by atoms with Gasteiger partial charge in [-0.05, 0) is 51.9 Å². The van der Waals surface area contributed by atoms with Crippen molar-refractivity contribution >= 4 is 0 Å². The number of rotatable bonds is 5. The molecule has 0 aromatic carbocycles. The lowest BCUT2D eigenvalue weighted by Gasteiger charge is -2.43. The summed E-state index contributed by atoms with van der Waals surface area (Å²) < 4.78 is 0. The molecule has 0 radical (unpaired) electrons. The van der Waals surface area contributed by atoms with Crippen LogP contribution in [-0.2, 0) is 0 Å². The highest BCUT2D eigenvalue weighted by molar-refractivity contribution is 4.85.